The highest BCUT2D eigenvalue weighted by molar-refractivity contribution is 7.99. The summed E-state index contributed by atoms with van der Waals surface area (Å²) < 4.78 is 0. The zero-order valence-electron chi connectivity index (χ0n) is 12.6. The predicted molar refractivity (Wildman–Crippen MR) is 87.2 cm³/mol. The molecule has 2 aliphatic rings. The van der Waals surface area contributed by atoms with Gasteiger partial charge in [-0.25, -0.2) is 4.79 Å². The molecule has 0 radical (unpaired) electrons. The summed E-state index contributed by atoms with van der Waals surface area (Å²) >= 11 is 1.58. The number of benzene rings is 1. The Labute approximate surface area is 134 Å². The van der Waals surface area contributed by atoms with E-state index in [0.717, 1.165) is 24.2 Å². The molecule has 4 nitrogen and oxygen atoms in total. The van der Waals surface area contributed by atoms with Crippen LogP contribution >= 0.6 is 11.8 Å². The van der Waals surface area contributed by atoms with Crippen molar-refractivity contribution in [2.24, 2.45) is 0 Å². The van der Waals surface area contributed by atoms with E-state index in [4.69, 9.17) is 0 Å². The van der Waals surface area contributed by atoms with Crippen LogP contribution in [0.1, 0.15) is 36.0 Å². The maximum atomic E-state index is 12.3. The largest absolute Gasteiger partial charge is 0.479 e. The molecule has 1 aromatic rings. The van der Waals surface area contributed by atoms with Crippen molar-refractivity contribution in [3.8, 4) is 0 Å². The molecule has 1 unspecified atom stereocenters. The molecule has 1 aliphatic heterocycles. The van der Waals surface area contributed by atoms with Gasteiger partial charge >= 0.3 is 5.97 Å². The van der Waals surface area contributed by atoms with Crippen molar-refractivity contribution in [2.45, 2.75) is 44.1 Å². The number of carbonyl (C=O) groups is 2. The summed E-state index contributed by atoms with van der Waals surface area (Å²) in [5.41, 5.74) is 2.64. The van der Waals surface area contributed by atoms with Crippen LogP contribution in [-0.4, -0.2) is 34.0 Å². The number of fused-ring (bicyclic) bond motifs is 1. The molecule has 1 amide bonds. The van der Waals surface area contributed by atoms with Gasteiger partial charge < -0.3 is 10.4 Å². The first kappa shape index (κ1) is 15.4. The average Bonchev–Trinajstić information content (AvgIpc) is 2.97. The molecule has 0 bridgehead atoms. The second-order valence-corrected chi connectivity index (χ2v) is 7.33. The van der Waals surface area contributed by atoms with Gasteiger partial charge in [0.2, 0.25) is 5.91 Å². The van der Waals surface area contributed by atoms with E-state index in [0.29, 0.717) is 12.2 Å². The summed E-state index contributed by atoms with van der Waals surface area (Å²) in [6.07, 6.45) is 5.42. The summed E-state index contributed by atoms with van der Waals surface area (Å²) in [7, 11) is 0. The number of aryl methyl sites for hydroxylation is 2. The second kappa shape index (κ2) is 6.32. The van der Waals surface area contributed by atoms with Crippen molar-refractivity contribution < 1.29 is 14.7 Å². The van der Waals surface area contributed by atoms with Crippen LogP contribution in [0.15, 0.2) is 18.2 Å². The number of thioether (sulfide) groups is 1. The van der Waals surface area contributed by atoms with Crippen LogP contribution in [-0.2, 0) is 28.9 Å². The normalized spacial score (nSPS) is 23.8. The number of carboxylic acids is 1. The van der Waals surface area contributed by atoms with Crippen molar-refractivity contribution in [3.63, 3.8) is 0 Å². The highest BCUT2D eigenvalue weighted by atomic mass is 32.2. The fourth-order valence-corrected chi connectivity index (χ4v) is 4.60. The third kappa shape index (κ3) is 3.14. The summed E-state index contributed by atoms with van der Waals surface area (Å²) in [5, 5.41) is 12.2. The van der Waals surface area contributed by atoms with Gasteiger partial charge in [-0.15, -0.1) is 0 Å². The molecule has 1 aromatic carbocycles. The monoisotopic (exact) mass is 319 g/mol. The van der Waals surface area contributed by atoms with Crippen LogP contribution < -0.4 is 5.32 Å². The van der Waals surface area contributed by atoms with Gasteiger partial charge in [-0.05, 0) is 54.5 Å². The van der Waals surface area contributed by atoms with E-state index < -0.39 is 11.5 Å². The average molecular weight is 319 g/mol. The first-order valence-electron chi connectivity index (χ1n) is 7.82. The standard InChI is InChI=1S/C17H21NO3S/c19-15(18-17(16(20)21)7-8-22-11-17)10-12-5-6-13-3-1-2-4-14(13)9-12/h5-6,9H,1-4,7-8,10-11H2,(H,18,19)(H,20,21). The number of hydrogen-bond donors (Lipinski definition) is 2. The van der Waals surface area contributed by atoms with Crippen LogP contribution in [0.3, 0.4) is 0 Å². The van der Waals surface area contributed by atoms with Crippen molar-refractivity contribution in [1.82, 2.24) is 5.32 Å². The molecule has 0 saturated carbocycles. The summed E-state index contributed by atoms with van der Waals surface area (Å²) in [6.45, 7) is 0. The molecule has 0 spiro atoms. The van der Waals surface area contributed by atoms with Gasteiger partial charge in [0.05, 0.1) is 6.42 Å². The topological polar surface area (TPSA) is 66.4 Å². The lowest BCUT2D eigenvalue weighted by Gasteiger charge is -2.24. The fraction of sp³-hybridized carbons (Fsp3) is 0.529. The highest BCUT2D eigenvalue weighted by Gasteiger charge is 2.43. The van der Waals surface area contributed by atoms with E-state index in [1.807, 2.05) is 6.07 Å². The molecule has 5 heteroatoms. The number of hydrogen-bond acceptors (Lipinski definition) is 3. The Balaban J connectivity index is 1.68. The van der Waals surface area contributed by atoms with Crippen molar-refractivity contribution in [2.75, 3.05) is 11.5 Å². The Morgan fingerprint density at radius 3 is 2.68 bits per heavy atom. The van der Waals surface area contributed by atoms with Crippen molar-refractivity contribution >= 4 is 23.6 Å². The Bertz CT molecular complexity index is 594. The first-order valence-corrected chi connectivity index (χ1v) is 8.97. The quantitative estimate of drug-likeness (QED) is 0.893. The zero-order valence-corrected chi connectivity index (χ0v) is 13.4. The van der Waals surface area contributed by atoms with Gasteiger partial charge in [-0.3, -0.25) is 4.79 Å². The molecule has 1 fully saturated rings. The first-order chi connectivity index (χ1) is 10.6. The van der Waals surface area contributed by atoms with Gasteiger partial charge in [0, 0.05) is 5.75 Å². The van der Waals surface area contributed by atoms with E-state index in [1.165, 1.54) is 24.0 Å². The molecular weight excluding hydrogens is 298 g/mol. The van der Waals surface area contributed by atoms with Gasteiger partial charge in [0.25, 0.3) is 0 Å². The molecule has 118 valence electrons. The fourth-order valence-electron chi connectivity index (χ4n) is 3.28. The molecule has 3 rings (SSSR count). The zero-order chi connectivity index (χ0) is 15.6. The van der Waals surface area contributed by atoms with Crippen LogP contribution in [0.25, 0.3) is 0 Å². The molecule has 22 heavy (non-hydrogen) atoms. The number of carboxylic acid groups (broad SMARTS) is 1. The highest BCUT2D eigenvalue weighted by Crippen LogP contribution is 2.28. The minimum Gasteiger partial charge on any atom is -0.479 e. The minimum atomic E-state index is -1.07. The summed E-state index contributed by atoms with van der Waals surface area (Å²) in [6, 6.07) is 6.24. The summed E-state index contributed by atoms with van der Waals surface area (Å²) in [4.78, 5) is 23.7. The predicted octanol–water partition coefficient (Wildman–Crippen LogP) is 2.18. The lowest BCUT2D eigenvalue weighted by Crippen LogP contribution is -2.55. The second-order valence-electron chi connectivity index (χ2n) is 6.22. The van der Waals surface area contributed by atoms with E-state index in [1.54, 1.807) is 11.8 Å². The summed E-state index contributed by atoms with van der Waals surface area (Å²) in [5.74, 6) is 0.126. The molecule has 1 heterocycles. The van der Waals surface area contributed by atoms with Crippen LogP contribution in [0, 0.1) is 0 Å². The van der Waals surface area contributed by atoms with Gasteiger partial charge in [-0.2, -0.15) is 11.8 Å². The van der Waals surface area contributed by atoms with E-state index >= 15 is 0 Å². The van der Waals surface area contributed by atoms with Gasteiger partial charge in [0.1, 0.15) is 5.54 Å². The van der Waals surface area contributed by atoms with Gasteiger partial charge in [-0.1, -0.05) is 18.2 Å². The number of amides is 1. The Morgan fingerprint density at radius 1 is 1.23 bits per heavy atom. The molecular formula is C17H21NO3S. The Kier molecular flexibility index (Phi) is 4.43. The SMILES string of the molecule is O=C(Cc1ccc2c(c1)CCCC2)NC1(C(=O)O)CCSC1. The number of carbonyl (C=O) groups excluding carboxylic acids is 1. The van der Waals surface area contributed by atoms with Crippen molar-refractivity contribution in [3.05, 3.63) is 34.9 Å². The maximum absolute atomic E-state index is 12.3. The van der Waals surface area contributed by atoms with Gasteiger partial charge in [0.15, 0.2) is 0 Å². The molecule has 2 N–H and O–H groups in total. The van der Waals surface area contributed by atoms with E-state index in [2.05, 4.69) is 17.4 Å². The molecule has 1 aliphatic carbocycles. The molecule has 1 saturated heterocycles. The smallest absolute Gasteiger partial charge is 0.330 e. The third-order valence-corrected chi connectivity index (χ3v) is 5.78. The maximum Gasteiger partial charge on any atom is 0.330 e. The molecule has 1 atom stereocenters. The number of nitrogens with one attached hydrogen (secondary N) is 1. The van der Waals surface area contributed by atoms with Crippen LogP contribution in [0.4, 0.5) is 0 Å². The lowest BCUT2D eigenvalue weighted by atomic mass is 9.90. The van der Waals surface area contributed by atoms with E-state index in [-0.39, 0.29) is 12.3 Å². The van der Waals surface area contributed by atoms with E-state index in [9.17, 15) is 14.7 Å². The Hall–Kier alpha value is -1.49. The van der Waals surface area contributed by atoms with Crippen LogP contribution in [0.2, 0.25) is 0 Å². The third-order valence-electron chi connectivity index (χ3n) is 4.59. The molecule has 0 aromatic heterocycles. The number of rotatable bonds is 4. The number of aliphatic carboxylic acids is 1. The lowest BCUT2D eigenvalue weighted by molar-refractivity contribution is -0.146. The van der Waals surface area contributed by atoms with Crippen molar-refractivity contribution in [1.29, 1.82) is 0 Å². The van der Waals surface area contributed by atoms with Crippen LogP contribution in [0.5, 0.6) is 0 Å². The minimum absolute atomic E-state index is 0.194. The Morgan fingerprint density at radius 2 is 2.00 bits per heavy atom.